The molecule has 2 heterocycles. The first kappa shape index (κ1) is 16.0. The third-order valence-corrected chi connectivity index (χ3v) is 3.94. The fourth-order valence-corrected chi connectivity index (χ4v) is 2.83. The molecule has 130 valence electrons. The molecule has 0 saturated heterocycles. The summed E-state index contributed by atoms with van der Waals surface area (Å²) in [5.74, 6) is -2.32. The lowest BCUT2D eigenvalue weighted by Crippen LogP contribution is -2.19. The molecule has 4 rings (SSSR count). The minimum absolute atomic E-state index is 0.0129. The van der Waals surface area contributed by atoms with Crippen molar-refractivity contribution >= 4 is 39.0 Å². The van der Waals surface area contributed by atoms with Crippen LogP contribution in [0, 0.1) is 0 Å². The molecule has 6 nitrogen and oxygen atoms in total. The first-order valence-electron chi connectivity index (χ1n) is 7.45. The van der Waals surface area contributed by atoms with E-state index in [1.165, 1.54) is 4.40 Å². The van der Waals surface area contributed by atoms with Crippen molar-refractivity contribution in [2.24, 2.45) is 10.2 Å². The van der Waals surface area contributed by atoms with Gasteiger partial charge in [0.1, 0.15) is 11.3 Å². The maximum atomic E-state index is 12.8. The highest BCUT2D eigenvalue weighted by atomic mass is 19.4. The minimum atomic E-state index is -5.12. The third kappa shape index (κ3) is 2.36. The lowest BCUT2D eigenvalue weighted by atomic mass is 10.2. The number of fused-ring (bicyclic) bond motifs is 4. The predicted molar refractivity (Wildman–Crippen MR) is 88.6 cm³/mol. The number of alkyl halides is 3. The van der Waals surface area contributed by atoms with E-state index >= 15 is 0 Å². The fraction of sp³-hybridized carbons (Fsp3) is 0.0588. The molecule has 4 aromatic rings. The molecule has 0 unspecified atom stereocenters. The highest BCUT2D eigenvalue weighted by Crippen LogP contribution is 2.33. The Morgan fingerprint density at radius 2 is 1.65 bits per heavy atom. The van der Waals surface area contributed by atoms with Crippen LogP contribution in [0.25, 0.3) is 27.5 Å². The summed E-state index contributed by atoms with van der Waals surface area (Å²) in [5.41, 5.74) is 0.734. The molecule has 2 aromatic carbocycles. The lowest BCUT2D eigenvalue weighted by Gasteiger charge is -2.01. The van der Waals surface area contributed by atoms with Crippen LogP contribution in [0.1, 0.15) is 0 Å². The van der Waals surface area contributed by atoms with Gasteiger partial charge in [-0.25, -0.2) is 0 Å². The van der Waals surface area contributed by atoms with Crippen molar-refractivity contribution in [3.8, 4) is 0 Å². The number of hydrogen-bond acceptors (Lipinski definition) is 3. The first-order chi connectivity index (χ1) is 12.4. The monoisotopic (exact) mass is 358 g/mol. The van der Waals surface area contributed by atoms with Crippen molar-refractivity contribution in [3.63, 3.8) is 0 Å². The van der Waals surface area contributed by atoms with Gasteiger partial charge < -0.3 is 4.98 Å². The first-order valence-corrected chi connectivity index (χ1v) is 7.45. The van der Waals surface area contributed by atoms with Crippen LogP contribution in [-0.4, -0.2) is 21.5 Å². The molecule has 9 heteroatoms. The van der Waals surface area contributed by atoms with Gasteiger partial charge in [0, 0.05) is 5.39 Å². The number of nitrogens with one attached hydrogen (secondary N) is 1. The summed E-state index contributed by atoms with van der Waals surface area (Å²) >= 11 is 0. The second-order valence-corrected chi connectivity index (χ2v) is 5.53. The van der Waals surface area contributed by atoms with Gasteiger partial charge in [0.25, 0.3) is 5.56 Å². The number of para-hydroxylation sites is 2. The summed E-state index contributed by atoms with van der Waals surface area (Å²) in [6, 6.07) is 13.3. The van der Waals surface area contributed by atoms with Gasteiger partial charge in [-0.15, -0.1) is 10.2 Å². The van der Waals surface area contributed by atoms with Crippen LogP contribution in [0.2, 0.25) is 0 Å². The maximum Gasteiger partial charge on any atom is 0.475 e. The van der Waals surface area contributed by atoms with Gasteiger partial charge in [-0.3, -0.25) is 14.0 Å². The van der Waals surface area contributed by atoms with Crippen molar-refractivity contribution in [2.75, 3.05) is 0 Å². The number of amides is 1. The Kier molecular flexibility index (Phi) is 3.39. The number of hydrogen-bond donors (Lipinski definition) is 1. The van der Waals surface area contributed by atoms with Gasteiger partial charge >= 0.3 is 12.1 Å². The molecular formula is C17H9F3N4O2. The van der Waals surface area contributed by atoms with Crippen molar-refractivity contribution in [1.29, 1.82) is 0 Å². The lowest BCUT2D eigenvalue weighted by molar-refractivity contribution is -0.170. The Morgan fingerprint density at radius 1 is 1.00 bits per heavy atom. The number of nitrogens with zero attached hydrogens (tertiary/aromatic N) is 3. The van der Waals surface area contributed by atoms with Crippen LogP contribution in [0.4, 0.5) is 18.9 Å². The van der Waals surface area contributed by atoms with Crippen LogP contribution in [-0.2, 0) is 4.79 Å². The molecule has 2 aromatic heterocycles. The molecule has 0 radical (unpaired) electrons. The Balaban J connectivity index is 2.10. The molecule has 26 heavy (non-hydrogen) atoms. The Hall–Kier alpha value is -3.49. The van der Waals surface area contributed by atoms with Crippen molar-refractivity contribution < 1.29 is 18.0 Å². The van der Waals surface area contributed by atoms with Gasteiger partial charge in [0.2, 0.25) is 0 Å². The van der Waals surface area contributed by atoms with E-state index in [-0.39, 0.29) is 16.9 Å². The number of aromatic amines is 1. The predicted octanol–water partition coefficient (Wildman–Crippen LogP) is 4.11. The number of azo groups is 1. The van der Waals surface area contributed by atoms with E-state index in [2.05, 4.69) is 15.2 Å². The zero-order chi connectivity index (χ0) is 18.5. The number of H-pyrrole nitrogens is 1. The molecule has 1 amide bonds. The summed E-state index contributed by atoms with van der Waals surface area (Å²) in [7, 11) is 0. The number of carbonyl (C=O) groups is 1. The molecule has 0 aliphatic rings. The number of benzene rings is 2. The van der Waals surface area contributed by atoms with Crippen LogP contribution < -0.4 is 5.56 Å². The number of carbonyl (C=O) groups excluding carboxylic acids is 1. The zero-order valence-corrected chi connectivity index (χ0v) is 12.9. The SMILES string of the molecule is O=C(N=Nc1c2ccccc2n2c(=O)c3ccccc3[nH]c12)C(F)(F)F. The van der Waals surface area contributed by atoms with Gasteiger partial charge in [-0.1, -0.05) is 30.3 Å². The molecular weight excluding hydrogens is 349 g/mol. The quantitative estimate of drug-likeness (QED) is 0.520. The molecule has 0 atom stereocenters. The number of aromatic nitrogens is 2. The summed E-state index contributed by atoms with van der Waals surface area (Å²) in [6.07, 6.45) is -5.12. The average molecular weight is 358 g/mol. The summed E-state index contributed by atoms with van der Waals surface area (Å²) in [6.45, 7) is 0. The molecule has 0 spiro atoms. The Labute approximate surface area is 142 Å². The third-order valence-electron chi connectivity index (χ3n) is 3.94. The van der Waals surface area contributed by atoms with E-state index < -0.39 is 12.1 Å². The molecule has 0 saturated carbocycles. The van der Waals surface area contributed by atoms with Crippen molar-refractivity contribution in [1.82, 2.24) is 9.38 Å². The Bertz CT molecular complexity index is 1270. The molecule has 0 bridgehead atoms. The second kappa shape index (κ2) is 5.51. The van der Waals surface area contributed by atoms with E-state index in [1.54, 1.807) is 48.5 Å². The highest BCUT2D eigenvalue weighted by Gasteiger charge is 2.39. The van der Waals surface area contributed by atoms with Crippen LogP contribution >= 0.6 is 0 Å². The van der Waals surface area contributed by atoms with Crippen LogP contribution in [0.5, 0.6) is 0 Å². The van der Waals surface area contributed by atoms with Crippen molar-refractivity contribution in [2.45, 2.75) is 6.18 Å². The minimum Gasteiger partial charge on any atom is -0.339 e. The molecule has 0 aliphatic heterocycles. The summed E-state index contributed by atoms with van der Waals surface area (Å²) in [4.78, 5) is 26.9. The van der Waals surface area contributed by atoms with Gasteiger partial charge in [0.15, 0.2) is 0 Å². The fourth-order valence-electron chi connectivity index (χ4n) is 2.83. The Morgan fingerprint density at radius 3 is 2.38 bits per heavy atom. The smallest absolute Gasteiger partial charge is 0.339 e. The van der Waals surface area contributed by atoms with Gasteiger partial charge in [-0.2, -0.15) is 13.2 Å². The largest absolute Gasteiger partial charge is 0.475 e. The van der Waals surface area contributed by atoms with Crippen LogP contribution in [0.3, 0.4) is 0 Å². The van der Waals surface area contributed by atoms with E-state index in [1.807, 2.05) is 0 Å². The van der Waals surface area contributed by atoms with E-state index in [9.17, 15) is 22.8 Å². The second-order valence-electron chi connectivity index (χ2n) is 5.53. The van der Waals surface area contributed by atoms with E-state index in [0.29, 0.717) is 21.8 Å². The van der Waals surface area contributed by atoms with E-state index in [0.717, 1.165) is 0 Å². The topological polar surface area (TPSA) is 79.1 Å². The van der Waals surface area contributed by atoms with Crippen LogP contribution in [0.15, 0.2) is 63.6 Å². The summed E-state index contributed by atoms with van der Waals surface area (Å²) in [5, 5.41) is 7.09. The number of halogens is 3. The van der Waals surface area contributed by atoms with E-state index in [4.69, 9.17) is 0 Å². The molecule has 0 aliphatic carbocycles. The normalized spacial score (nSPS) is 12.6. The maximum absolute atomic E-state index is 12.8. The van der Waals surface area contributed by atoms with Gasteiger partial charge in [-0.05, 0) is 18.2 Å². The molecule has 1 N–H and O–H groups in total. The average Bonchev–Trinajstić information content (AvgIpc) is 2.93. The molecule has 0 fully saturated rings. The van der Waals surface area contributed by atoms with Gasteiger partial charge in [0.05, 0.1) is 16.4 Å². The summed E-state index contributed by atoms with van der Waals surface area (Å²) < 4.78 is 38.5. The zero-order valence-electron chi connectivity index (χ0n) is 12.9. The number of rotatable bonds is 1. The highest BCUT2D eigenvalue weighted by molar-refractivity contribution is 6.01. The standard InChI is InChI=1S/C17H9F3N4O2/c18-17(19,20)16(26)23-22-13-10-6-2-4-8-12(10)24-14(13)21-11-7-3-1-5-9(11)15(24)25/h1-8,21H. The van der Waals surface area contributed by atoms with Crippen molar-refractivity contribution in [3.05, 3.63) is 58.9 Å².